The van der Waals surface area contributed by atoms with Crippen molar-refractivity contribution in [2.75, 3.05) is 13.1 Å². The topological polar surface area (TPSA) is 65.5 Å². The third kappa shape index (κ3) is 5.60. The van der Waals surface area contributed by atoms with Crippen molar-refractivity contribution in [3.05, 3.63) is 48.0 Å². The predicted molar refractivity (Wildman–Crippen MR) is 89.6 cm³/mol. The van der Waals surface area contributed by atoms with E-state index in [1.165, 1.54) is 0 Å². The first-order valence-electron chi connectivity index (χ1n) is 7.78. The van der Waals surface area contributed by atoms with Gasteiger partial charge < -0.3 is 16.0 Å². The smallest absolute Gasteiger partial charge is 0.242 e. The first-order chi connectivity index (χ1) is 10.8. The Labute approximate surface area is 131 Å². The van der Waals surface area contributed by atoms with Gasteiger partial charge in [-0.25, -0.2) is 4.99 Å². The second-order valence-electron chi connectivity index (χ2n) is 5.24. The molecule has 0 bridgehead atoms. The molecule has 1 amide bonds. The maximum atomic E-state index is 11.9. The molecule has 0 fully saturated rings. The molecule has 2 rings (SSSR count). The number of nitrogens with zero attached hydrogens (tertiary/aromatic N) is 1. The zero-order valence-corrected chi connectivity index (χ0v) is 13.0. The van der Waals surface area contributed by atoms with E-state index in [9.17, 15) is 4.79 Å². The summed E-state index contributed by atoms with van der Waals surface area (Å²) in [4.78, 5) is 16.2. The lowest BCUT2D eigenvalue weighted by Gasteiger charge is -2.16. The summed E-state index contributed by atoms with van der Waals surface area (Å²) in [5, 5.41) is 9.39. The van der Waals surface area contributed by atoms with Crippen LogP contribution >= 0.6 is 0 Å². The van der Waals surface area contributed by atoms with Crippen LogP contribution in [-0.4, -0.2) is 31.0 Å². The zero-order chi connectivity index (χ0) is 15.6. The van der Waals surface area contributed by atoms with Gasteiger partial charge in [-0.15, -0.1) is 0 Å². The molecule has 0 aromatic heterocycles. The number of nitrogens with one attached hydrogen (secondary N) is 3. The summed E-state index contributed by atoms with van der Waals surface area (Å²) >= 11 is 0. The van der Waals surface area contributed by atoms with Crippen LogP contribution in [0.15, 0.2) is 47.5 Å². The third-order valence-corrected chi connectivity index (χ3v) is 3.41. The highest BCUT2D eigenvalue weighted by Gasteiger charge is 2.11. The fraction of sp³-hybridized carbons (Fsp3) is 0.412. The fourth-order valence-electron chi connectivity index (χ4n) is 2.25. The molecule has 0 aliphatic heterocycles. The highest BCUT2D eigenvalue weighted by molar-refractivity contribution is 5.85. The van der Waals surface area contributed by atoms with Crippen LogP contribution in [0.2, 0.25) is 0 Å². The lowest BCUT2D eigenvalue weighted by Crippen LogP contribution is -2.43. The molecule has 1 aromatic rings. The van der Waals surface area contributed by atoms with E-state index in [-0.39, 0.29) is 12.5 Å². The predicted octanol–water partition coefficient (Wildman–Crippen LogP) is 1.58. The molecule has 118 valence electrons. The molecule has 0 unspecified atom stereocenters. The van der Waals surface area contributed by atoms with Crippen LogP contribution in [0.5, 0.6) is 0 Å². The largest absolute Gasteiger partial charge is 0.357 e. The lowest BCUT2D eigenvalue weighted by atomic mass is 10.2. The van der Waals surface area contributed by atoms with E-state index in [4.69, 9.17) is 0 Å². The van der Waals surface area contributed by atoms with E-state index in [0.717, 1.165) is 24.9 Å². The number of hydrogen-bond donors (Lipinski definition) is 3. The number of guanidine groups is 1. The molecule has 0 saturated heterocycles. The van der Waals surface area contributed by atoms with E-state index < -0.39 is 0 Å². The molecule has 5 nitrogen and oxygen atoms in total. The summed E-state index contributed by atoms with van der Waals surface area (Å²) in [5.41, 5.74) is 1.09. The average molecular weight is 300 g/mol. The maximum absolute atomic E-state index is 11.9. The summed E-state index contributed by atoms with van der Waals surface area (Å²) in [6, 6.07) is 10.2. The summed E-state index contributed by atoms with van der Waals surface area (Å²) < 4.78 is 0. The average Bonchev–Trinajstić information content (AvgIpc) is 3.05. The minimum absolute atomic E-state index is 0.0781. The van der Waals surface area contributed by atoms with Gasteiger partial charge in [0.15, 0.2) is 5.96 Å². The van der Waals surface area contributed by atoms with Crippen LogP contribution in [-0.2, 0) is 11.3 Å². The Balaban J connectivity index is 1.77. The summed E-state index contributed by atoms with van der Waals surface area (Å²) in [5.74, 6) is 0.622. The highest BCUT2D eigenvalue weighted by Crippen LogP contribution is 2.08. The number of amides is 1. The summed E-state index contributed by atoms with van der Waals surface area (Å²) in [6.45, 7) is 3.45. The van der Waals surface area contributed by atoms with Crippen molar-refractivity contribution in [3.8, 4) is 0 Å². The van der Waals surface area contributed by atoms with Crippen LogP contribution in [0.3, 0.4) is 0 Å². The van der Waals surface area contributed by atoms with Crippen molar-refractivity contribution in [2.45, 2.75) is 32.4 Å². The standard InChI is InChI=1S/C17H24N4O/c1-2-18-17(21-15-10-6-7-11-15)20-13-16(22)19-12-14-8-4-3-5-9-14/h3-9,15H,2,10-13H2,1H3,(H,19,22)(H2,18,20,21). The molecule has 0 radical (unpaired) electrons. The maximum Gasteiger partial charge on any atom is 0.242 e. The Kier molecular flexibility index (Phi) is 6.48. The van der Waals surface area contributed by atoms with Gasteiger partial charge in [0.2, 0.25) is 5.91 Å². The number of carbonyl (C=O) groups excluding carboxylic acids is 1. The van der Waals surface area contributed by atoms with Gasteiger partial charge in [-0.1, -0.05) is 42.5 Å². The van der Waals surface area contributed by atoms with Crippen LogP contribution in [0, 0.1) is 0 Å². The fourth-order valence-corrected chi connectivity index (χ4v) is 2.25. The number of hydrogen-bond acceptors (Lipinski definition) is 2. The Bertz CT molecular complexity index is 517. The molecule has 22 heavy (non-hydrogen) atoms. The molecule has 0 atom stereocenters. The molecule has 0 spiro atoms. The van der Waals surface area contributed by atoms with E-state index in [0.29, 0.717) is 18.5 Å². The Hall–Kier alpha value is -2.30. The molecule has 5 heteroatoms. The van der Waals surface area contributed by atoms with Gasteiger partial charge in [0, 0.05) is 19.1 Å². The van der Waals surface area contributed by atoms with E-state index in [2.05, 4.69) is 33.1 Å². The monoisotopic (exact) mass is 300 g/mol. The van der Waals surface area contributed by atoms with Crippen LogP contribution < -0.4 is 16.0 Å². The van der Waals surface area contributed by atoms with Crippen LogP contribution in [0.1, 0.15) is 25.3 Å². The first-order valence-corrected chi connectivity index (χ1v) is 7.78. The normalized spacial score (nSPS) is 14.9. The summed E-state index contributed by atoms with van der Waals surface area (Å²) in [6.07, 6.45) is 6.33. The Morgan fingerprint density at radius 3 is 2.59 bits per heavy atom. The molecular formula is C17H24N4O. The molecule has 1 aromatic carbocycles. The second-order valence-corrected chi connectivity index (χ2v) is 5.24. The summed E-state index contributed by atoms with van der Waals surface area (Å²) in [7, 11) is 0. The van der Waals surface area contributed by atoms with Crippen molar-refractivity contribution in [2.24, 2.45) is 4.99 Å². The van der Waals surface area contributed by atoms with Gasteiger partial charge in [0.25, 0.3) is 0 Å². The van der Waals surface area contributed by atoms with Crippen molar-refractivity contribution in [1.82, 2.24) is 16.0 Å². The van der Waals surface area contributed by atoms with Crippen LogP contribution in [0.25, 0.3) is 0 Å². The van der Waals surface area contributed by atoms with Gasteiger partial charge in [0.05, 0.1) is 0 Å². The first kappa shape index (κ1) is 16.1. The second kappa shape index (κ2) is 8.87. The SMILES string of the molecule is CCNC(=NCC(=O)NCc1ccccc1)NC1CC=CC1. The Morgan fingerprint density at radius 2 is 1.91 bits per heavy atom. The number of benzene rings is 1. The van der Waals surface area contributed by atoms with Gasteiger partial charge >= 0.3 is 0 Å². The Morgan fingerprint density at radius 1 is 1.18 bits per heavy atom. The van der Waals surface area contributed by atoms with Gasteiger partial charge in [-0.2, -0.15) is 0 Å². The molecule has 1 aliphatic carbocycles. The van der Waals surface area contributed by atoms with Crippen molar-refractivity contribution in [1.29, 1.82) is 0 Å². The molecule has 0 heterocycles. The third-order valence-electron chi connectivity index (χ3n) is 3.41. The lowest BCUT2D eigenvalue weighted by molar-refractivity contribution is -0.119. The molecule has 3 N–H and O–H groups in total. The molecular weight excluding hydrogens is 276 g/mol. The number of carbonyl (C=O) groups is 1. The van der Waals surface area contributed by atoms with E-state index in [1.54, 1.807) is 0 Å². The number of aliphatic imine (C=N–C) groups is 1. The highest BCUT2D eigenvalue weighted by atomic mass is 16.1. The minimum Gasteiger partial charge on any atom is -0.357 e. The van der Waals surface area contributed by atoms with Crippen LogP contribution in [0.4, 0.5) is 0 Å². The van der Waals surface area contributed by atoms with E-state index in [1.807, 2.05) is 37.3 Å². The molecule has 0 saturated carbocycles. The quantitative estimate of drug-likeness (QED) is 0.424. The van der Waals surface area contributed by atoms with Gasteiger partial charge in [0.1, 0.15) is 6.54 Å². The van der Waals surface area contributed by atoms with Crippen molar-refractivity contribution >= 4 is 11.9 Å². The van der Waals surface area contributed by atoms with E-state index >= 15 is 0 Å². The van der Waals surface area contributed by atoms with Gasteiger partial charge in [-0.05, 0) is 25.3 Å². The number of rotatable bonds is 6. The van der Waals surface area contributed by atoms with Crippen molar-refractivity contribution < 1.29 is 4.79 Å². The molecule has 1 aliphatic rings. The zero-order valence-electron chi connectivity index (χ0n) is 13.0. The van der Waals surface area contributed by atoms with Crippen molar-refractivity contribution in [3.63, 3.8) is 0 Å². The minimum atomic E-state index is -0.0781. The van der Waals surface area contributed by atoms with Gasteiger partial charge in [-0.3, -0.25) is 4.79 Å².